The van der Waals surface area contributed by atoms with Crippen LogP contribution in [0.2, 0.25) is 5.02 Å². The molecule has 0 saturated heterocycles. The van der Waals surface area contributed by atoms with Gasteiger partial charge in [0.15, 0.2) is 0 Å². The average Bonchev–Trinajstić information content (AvgIpc) is 2.82. The first kappa shape index (κ1) is 26.8. The van der Waals surface area contributed by atoms with Crippen molar-refractivity contribution in [2.45, 2.75) is 44.6 Å². The van der Waals surface area contributed by atoms with Gasteiger partial charge < -0.3 is 10.2 Å². The molecule has 3 rings (SSSR count). The Morgan fingerprint density at radius 1 is 0.943 bits per heavy atom. The smallest absolute Gasteiger partial charge is 0.243 e. The topological polar surface area (TPSA) is 49.4 Å². The van der Waals surface area contributed by atoms with Gasteiger partial charge in [-0.15, -0.1) is 11.8 Å². The second-order valence-corrected chi connectivity index (χ2v) is 10.1. The summed E-state index contributed by atoms with van der Waals surface area (Å²) in [6.45, 7) is 4.07. The Labute approximate surface area is 215 Å². The first-order valence-electron chi connectivity index (χ1n) is 11.5. The molecule has 4 nitrogen and oxygen atoms in total. The highest BCUT2D eigenvalue weighted by molar-refractivity contribution is 7.99. The molecule has 0 saturated carbocycles. The molecule has 0 heterocycles. The third-order valence-corrected chi connectivity index (χ3v) is 6.58. The molecule has 7 heteroatoms. The highest BCUT2D eigenvalue weighted by atomic mass is 35.5. The molecule has 3 aromatic rings. The van der Waals surface area contributed by atoms with Gasteiger partial charge in [-0.1, -0.05) is 66.2 Å². The number of nitrogens with one attached hydrogen (secondary N) is 1. The van der Waals surface area contributed by atoms with Crippen LogP contribution in [0.1, 0.15) is 30.5 Å². The fraction of sp³-hybridized carbons (Fsp3) is 0.286. The van der Waals surface area contributed by atoms with Crippen LogP contribution in [0.4, 0.5) is 4.39 Å². The second-order valence-electron chi connectivity index (χ2n) is 8.64. The van der Waals surface area contributed by atoms with Gasteiger partial charge >= 0.3 is 0 Å². The number of carbonyl (C=O) groups is 2. The van der Waals surface area contributed by atoms with Crippen LogP contribution in [0.5, 0.6) is 0 Å². The molecule has 35 heavy (non-hydrogen) atoms. The third-order valence-electron chi connectivity index (χ3n) is 5.35. The van der Waals surface area contributed by atoms with E-state index < -0.39 is 6.04 Å². The van der Waals surface area contributed by atoms with Crippen LogP contribution in [0.25, 0.3) is 0 Å². The number of halogens is 2. The number of rotatable bonds is 11. The van der Waals surface area contributed by atoms with Crippen LogP contribution < -0.4 is 5.32 Å². The van der Waals surface area contributed by atoms with Crippen LogP contribution in [0, 0.1) is 5.82 Å². The average molecular weight is 513 g/mol. The van der Waals surface area contributed by atoms with E-state index in [1.807, 2.05) is 62.4 Å². The van der Waals surface area contributed by atoms with Crippen LogP contribution in [-0.4, -0.2) is 34.6 Å². The highest BCUT2D eigenvalue weighted by Gasteiger charge is 2.30. The maximum atomic E-state index is 13.5. The van der Waals surface area contributed by atoms with Crippen molar-refractivity contribution in [3.05, 3.63) is 106 Å². The summed E-state index contributed by atoms with van der Waals surface area (Å²) in [4.78, 5) is 28.5. The fourth-order valence-corrected chi connectivity index (χ4v) is 4.77. The van der Waals surface area contributed by atoms with E-state index in [1.54, 1.807) is 23.1 Å². The van der Waals surface area contributed by atoms with Crippen molar-refractivity contribution in [2.75, 3.05) is 5.75 Å². The number of thioether (sulfide) groups is 1. The highest BCUT2D eigenvalue weighted by Crippen LogP contribution is 2.20. The number of carbonyl (C=O) groups excluding carboxylic acids is 2. The Balaban J connectivity index is 1.84. The Morgan fingerprint density at radius 3 is 2.29 bits per heavy atom. The maximum Gasteiger partial charge on any atom is 0.243 e. The lowest BCUT2D eigenvalue weighted by Gasteiger charge is -2.32. The van der Waals surface area contributed by atoms with Gasteiger partial charge in [0, 0.05) is 29.8 Å². The maximum absolute atomic E-state index is 13.5. The van der Waals surface area contributed by atoms with E-state index >= 15 is 0 Å². The summed E-state index contributed by atoms with van der Waals surface area (Å²) < 4.78 is 13.2. The molecule has 0 aliphatic rings. The predicted molar refractivity (Wildman–Crippen MR) is 142 cm³/mol. The Bertz CT molecular complexity index is 1110. The van der Waals surface area contributed by atoms with E-state index in [4.69, 9.17) is 11.6 Å². The molecular weight excluding hydrogens is 483 g/mol. The minimum atomic E-state index is -0.683. The van der Waals surface area contributed by atoms with Crippen molar-refractivity contribution in [1.82, 2.24) is 10.2 Å². The van der Waals surface area contributed by atoms with E-state index in [-0.39, 0.29) is 36.0 Å². The van der Waals surface area contributed by atoms with Crippen LogP contribution in [0.15, 0.2) is 78.9 Å². The molecule has 1 N–H and O–H groups in total. The van der Waals surface area contributed by atoms with E-state index in [0.29, 0.717) is 17.2 Å². The summed E-state index contributed by atoms with van der Waals surface area (Å²) in [5, 5.41) is 3.56. The van der Waals surface area contributed by atoms with Crippen LogP contribution in [0.3, 0.4) is 0 Å². The fourth-order valence-electron chi connectivity index (χ4n) is 3.69. The molecular formula is C28H30ClFN2O2S. The van der Waals surface area contributed by atoms with Crippen molar-refractivity contribution < 1.29 is 14.0 Å². The van der Waals surface area contributed by atoms with Gasteiger partial charge in [-0.25, -0.2) is 4.39 Å². The number of amides is 2. The van der Waals surface area contributed by atoms with E-state index in [0.717, 1.165) is 16.7 Å². The van der Waals surface area contributed by atoms with Gasteiger partial charge in [0.2, 0.25) is 11.8 Å². The molecule has 0 bridgehead atoms. The quantitative estimate of drug-likeness (QED) is 0.349. The first-order chi connectivity index (χ1) is 16.8. The molecule has 3 aromatic carbocycles. The van der Waals surface area contributed by atoms with E-state index in [2.05, 4.69) is 5.32 Å². The number of hydrogen-bond donors (Lipinski definition) is 1. The van der Waals surface area contributed by atoms with Gasteiger partial charge in [-0.3, -0.25) is 9.59 Å². The number of nitrogens with zero attached hydrogens (tertiary/aromatic N) is 1. The molecule has 0 unspecified atom stereocenters. The standard InChI is InChI=1S/C28H30ClFN2O2S/c1-20(2)31-28(34)26(16-21-7-4-3-5-8-21)32(17-23-9-6-10-24(29)15-23)27(33)19-35-18-22-11-13-25(30)14-12-22/h3-15,20,26H,16-19H2,1-2H3,(H,31,34)/t26-/m1/s1. The summed E-state index contributed by atoms with van der Waals surface area (Å²) in [6, 6.07) is 22.5. The Hall–Kier alpha value is -2.83. The molecule has 0 fully saturated rings. The SMILES string of the molecule is CC(C)NC(=O)[C@@H](Cc1ccccc1)N(Cc1cccc(Cl)c1)C(=O)CSCc1ccc(F)cc1. The van der Waals surface area contributed by atoms with Gasteiger partial charge in [-0.2, -0.15) is 0 Å². The van der Waals surface area contributed by atoms with Crippen molar-refractivity contribution >= 4 is 35.2 Å². The summed E-state index contributed by atoms with van der Waals surface area (Å²) >= 11 is 7.64. The van der Waals surface area contributed by atoms with Crippen molar-refractivity contribution in [3.63, 3.8) is 0 Å². The summed E-state index contributed by atoms with van der Waals surface area (Å²) in [5.41, 5.74) is 2.76. The Kier molecular flexibility index (Phi) is 10.2. The number of hydrogen-bond acceptors (Lipinski definition) is 3. The van der Waals surface area contributed by atoms with Crippen molar-refractivity contribution in [1.29, 1.82) is 0 Å². The normalized spacial score (nSPS) is 11.8. The van der Waals surface area contributed by atoms with Crippen LogP contribution in [-0.2, 0) is 28.3 Å². The number of benzene rings is 3. The largest absolute Gasteiger partial charge is 0.352 e. The van der Waals surface area contributed by atoms with Crippen molar-refractivity contribution in [2.24, 2.45) is 0 Å². The van der Waals surface area contributed by atoms with Gasteiger partial charge in [0.1, 0.15) is 11.9 Å². The van der Waals surface area contributed by atoms with E-state index in [1.165, 1.54) is 23.9 Å². The van der Waals surface area contributed by atoms with Gasteiger partial charge in [-0.05, 0) is 54.8 Å². The molecule has 2 amide bonds. The van der Waals surface area contributed by atoms with Gasteiger partial charge in [0.05, 0.1) is 5.75 Å². The predicted octanol–water partition coefficient (Wildman–Crippen LogP) is 5.88. The Morgan fingerprint density at radius 2 is 1.63 bits per heavy atom. The monoisotopic (exact) mass is 512 g/mol. The zero-order valence-electron chi connectivity index (χ0n) is 19.9. The summed E-state index contributed by atoms with van der Waals surface area (Å²) in [5.74, 6) is 0.138. The molecule has 0 aliphatic heterocycles. The van der Waals surface area contributed by atoms with Crippen molar-refractivity contribution in [3.8, 4) is 0 Å². The third kappa shape index (κ3) is 8.71. The molecule has 0 aromatic heterocycles. The molecule has 184 valence electrons. The lowest BCUT2D eigenvalue weighted by atomic mass is 10.0. The van der Waals surface area contributed by atoms with Gasteiger partial charge in [0.25, 0.3) is 0 Å². The second kappa shape index (κ2) is 13.3. The van der Waals surface area contributed by atoms with Crippen LogP contribution >= 0.6 is 23.4 Å². The molecule has 0 aliphatic carbocycles. The van der Waals surface area contributed by atoms with E-state index in [9.17, 15) is 14.0 Å². The lowest BCUT2D eigenvalue weighted by Crippen LogP contribution is -2.52. The molecule has 1 atom stereocenters. The lowest BCUT2D eigenvalue weighted by molar-refractivity contribution is -0.139. The molecule has 0 spiro atoms. The summed E-state index contributed by atoms with van der Waals surface area (Å²) in [7, 11) is 0. The minimum absolute atomic E-state index is 0.0586. The molecule has 0 radical (unpaired) electrons. The minimum Gasteiger partial charge on any atom is -0.352 e. The zero-order valence-corrected chi connectivity index (χ0v) is 21.5. The first-order valence-corrected chi connectivity index (χ1v) is 13.1. The zero-order chi connectivity index (χ0) is 25.2. The summed E-state index contributed by atoms with van der Waals surface area (Å²) in [6.07, 6.45) is 0.397.